The molecule has 3 aromatic rings. The maximum atomic E-state index is 12.8. The number of hydrogen-bond donors (Lipinski definition) is 0. The van der Waals surface area contributed by atoms with Crippen molar-refractivity contribution in [3.8, 4) is 22.2 Å². The predicted molar refractivity (Wildman–Crippen MR) is 108 cm³/mol. The van der Waals surface area contributed by atoms with Gasteiger partial charge in [0.05, 0.1) is 9.77 Å². The topological polar surface area (TPSA) is 76.3 Å². The number of halogens is 1. The zero-order valence-corrected chi connectivity index (χ0v) is 17.7. The molecule has 0 radical (unpaired) electrons. The number of aryl methyl sites for hydroxylation is 1. The highest BCUT2D eigenvalue weighted by molar-refractivity contribution is 7.89. The van der Waals surface area contributed by atoms with Crippen molar-refractivity contribution in [2.45, 2.75) is 31.6 Å². The van der Waals surface area contributed by atoms with Gasteiger partial charge in [-0.3, -0.25) is 0 Å². The number of unbranched alkanes of at least 4 members (excludes halogenated alkanes) is 1. The van der Waals surface area contributed by atoms with Gasteiger partial charge in [-0.15, -0.1) is 11.3 Å². The smallest absolute Gasteiger partial charge is 0.268 e. The lowest BCUT2D eigenvalue weighted by Crippen LogP contribution is -2.28. The molecular formula is C18H20ClN3O3S2. The van der Waals surface area contributed by atoms with Crippen LogP contribution in [-0.2, 0) is 10.0 Å². The summed E-state index contributed by atoms with van der Waals surface area (Å²) in [5.74, 6) is 0.725. The largest absolute Gasteiger partial charge is 0.333 e. The van der Waals surface area contributed by atoms with Crippen LogP contribution in [0.15, 0.2) is 39.8 Å². The van der Waals surface area contributed by atoms with E-state index in [1.165, 1.54) is 15.6 Å². The summed E-state index contributed by atoms with van der Waals surface area (Å²) in [7, 11) is -1.94. The van der Waals surface area contributed by atoms with Gasteiger partial charge in [-0.2, -0.15) is 4.98 Å². The van der Waals surface area contributed by atoms with Crippen LogP contribution in [0.2, 0.25) is 5.02 Å². The van der Waals surface area contributed by atoms with Crippen LogP contribution in [0.3, 0.4) is 0 Å². The third kappa shape index (κ3) is 4.24. The van der Waals surface area contributed by atoms with Crippen LogP contribution in [0.4, 0.5) is 0 Å². The Labute approximate surface area is 167 Å². The van der Waals surface area contributed by atoms with Gasteiger partial charge in [0.1, 0.15) is 0 Å². The Hall–Kier alpha value is -1.74. The van der Waals surface area contributed by atoms with Gasteiger partial charge in [0.2, 0.25) is 15.8 Å². The van der Waals surface area contributed by atoms with Crippen molar-refractivity contribution in [3.63, 3.8) is 0 Å². The highest BCUT2D eigenvalue weighted by atomic mass is 35.5. The molecule has 0 bridgehead atoms. The molecule has 0 atom stereocenters. The number of hydrogen-bond acceptors (Lipinski definition) is 6. The Bertz CT molecular complexity index is 1030. The van der Waals surface area contributed by atoms with Crippen molar-refractivity contribution < 1.29 is 12.9 Å². The lowest BCUT2D eigenvalue weighted by molar-refractivity contribution is 0.433. The van der Waals surface area contributed by atoms with Gasteiger partial charge in [0.25, 0.3) is 5.89 Å². The highest BCUT2D eigenvalue weighted by Crippen LogP contribution is 2.34. The molecule has 6 nitrogen and oxygen atoms in total. The Balaban J connectivity index is 1.90. The minimum absolute atomic E-state index is 0.285. The zero-order chi connectivity index (χ0) is 19.6. The third-order valence-corrected chi connectivity index (χ3v) is 7.53. The van der Waals surface area contributed by atoms with Crippen molar-refractivity contribution >= 4 is 33.0 Å². The van der Waals surface area contributed by atoms with E-state index in [1.807, 2.05) is 6.92 Å². The van der Waals surface area contributed by atoms with Gasteiger partial charge in [0, 0.05) is 29.1 Å². The van der Waals surface area contributed by atoms with Gasteiger partial charge < -0.3 is 4.52 Å². The van der Waals surface area contributed by atoms with Crippen LogP contribution in [0.25, 0.3) is 22.2 Å². The predicted octanol–water partition coefficient (Wildman–Crippen LogP) is 4.85. The minimum Gasteiger partial charge on any atom is -0.333 e. The Morgan fingerprint density at radius 1 is 1.26 bits per heavy atom. The molecule has 0 aliphatic carbocycles. The third-order valence-electron chi connectivity index (χ3n) is 4.13. The molecule has 0 amide bonds. The standard InChI is InChI=1S/C18H20ClN3O3S2/c1-4-5-10-22(3)27(23,24)16-11-15(26-12(16)2)18-20-17(21-25-18)13-6-8-14(19)9-7-13/h6-9,11H,4-5,10H2,1-3H3. The molecule has 9 heteroatoms. The van der Waals surface area contributed by atoms with Crippen molar-refractivity contribution in [1.82, 2.24) is 14.4 Å². The van der Waals surface area contributed by atoms with Gasteiger partial charge in [0.15, 0.2) is 0 Å². The maximum absolute atomic E-state index is 12.8. The Morgan fingerprint density at radius 2 is 1.96 bits per heavy atom. The Morgan fingerprint density at radius 3 is 2.63 bits per heavy atom. The normalized spacial score (nSPS) is 12.0. The molecule has 0 saturated carbocycles. The van der Waals surface area contributed by atoms with E-state index in [0.717, 1.165) is 18.4 Å². The first kappa shape index (κ1) is 20.0. The van der Waals surface area contributed by atoms with Crippen LogP contribution in [0.1, 0.15) is 24.6 Å². The summed E-state index contributed by atoms with van der Waals surface area (Å²) in [4.78, 5) is 6.00. The molecule has 2 heterocycles. The van der Waals surface area contributed by atoms with Gasteiger partial charge in [-0.05, 0) is 43.7 Å². The average Bonchev–Trinajstić information content (AvgIpc) is 3.27. The van der Waals surface area contributed by atoms with Crippen molar-refractivity contribution in [3.05, 3.63) is 40.2 Å². The summed E-state index contributed by atoms with van der Waals surface area (Å²) in [5.41, 5.74) is 0.773. The summed E-state index contributed by atoms with van der Waals surface area (Å²) in [6.45, 7) is 4.30. The monoisotopic (exact) mass is 425 g/mol. The van der Waals surface area contributed by atoms with Crippen LogP contribution < -0.4 is 0 Å². The van der Waals surface area contributed by atoms with Crippen LogP contribution in [-0.4, -0.2) is 36.5 Å². The molecule has 0 aliphatic rings. The van der Waals surface area contributed by atoms with E-state index < -0.39 is 10.0 Å². The fourth-order valence-electron chi connectivity index (χ4n) is 2.54. The van der Waals surface area contributed by atoms with Crippen LogP contribution >= 0.6 is 22.9 Å². The fraction of sp³-hybridized carbons (Fsp3) is 0.333. The van der Waals surface area contributed by atoms with E-state index in [-0.39, 0.29) is 4.90 Å². The number of rotatable bonds is 7. The van der Waals surface area contributed by atoms with E-state index in [4.69, 9.17) is 16.1 Å². The molecule has 0 saturated heterocycles. The van der Waals surface area contributed by atoms with E-state index in [0.29, 0.717) is 33.0 Å². The first-order chi connectivity index (χ1) is 12.8. The lowest BCUT2D eigenvalue weighted by Gasteiger charge is -2.16. The van der Waals surface area contributed by atoms with Gasteiger partial charge >= 0.3 is 0 Å². The number of sulfonamides is 1. The van der Waals surface area contributed by atoms with Crippen molar-refractivity contribution in [2.24, 2.45) is 0 Å². The van der Waals surface area contributed by atoms with E-state index in [9.17, 15) is 8.42 Å². The quantitative estimate of drug-likeness (QED) is 0.540. The Kier molecular flexibility index (Phi) is 6.00. The summed E-state index contributed by atoms with van der Waals surface area (Å²) in [5, 5.41) is 4.61. The van der Waals surface area contributed by atoms with E-state index in [2.05, 4.69) is 10.1 Å². The molecule has 1 aromatic carbocycles. The zero-order valence-electron chi connectivity index (χ0n) is 15.3. The SMILES string of the molecule is CCCCN(C)S(=O)(=O)c1cc(-c2nc(-c3ccc(Cl)cc3)no2)sc1C. The summed E-state index contributed by atoms with van der Waals surface area (Å²) in [6, 6.07) is 8.71. The molecule has 0 unspecified atom stereocenters. The number of aromatic nitrogens is 2. The second-order valence-corrected chi connectivity index (χ2v) is 9.85. The van der Waals surface area contributed by atoms with Gasteiger partial charge in [-0.1, -0.05) is 30.1 Å². The van der Waals surface area contributed by atoms with Crippen molar-refractivity contribution in [1.29, 1.82) is 0 Å². The molecule has 27 heavy (non-hydrogen) atoms. The van der Waals surface area contributed by atoms with Crippen LogP contribution in [0, 0.1) is 6.92 Å². The summed E-state index contributed by atoms with van der Waals surface area (Å²) >= 11 is 7.22. The first-order valence-electron chi connectivity index (χ1n) is 8.49. The maximum Gasteiger partial charge on any atom is 0.268 e. The average molecular weight is 426 g/mol. The molecule has 0 aliphatic heterocycles. The fourth-order valence-corrected chi connectivity index (χ4v) is 5.35. The molecule has 0 N–H and O–H groups in total. The molecule has 144 valence electrons. The van der Waals surface area contributed by atoms with E-state index >= 15 is 0 Å². The van der Waals surface area contributed by atoms with Crippen molar-refractivity contribution in [2.75, 3.05) is 13.6 Å². The number of thiophene rings is 1. The number of nitrogens with zero attached hydrogens (tertiary/aromatic N) is 3. The first-order valence-corrected chi connectivity index (χ1v) is 11.1. The summed E-state index contributed by atoms with van der Waals surface area (Å²) in [6.07, 6.45) is 1.75. The molecule has 0 fully saturated rings. The lowest BCUT2D eigenvalue weighted by atomic mass is 10.2. The highest BCUT2D eigenvalue weighted by Gasteiger charge is 2.26. The second kappa shape index (κ2) is 8.10. The second-order valence-electron chi connectivity index (χ2n) is 6.14. The van der Waals surface area contributed by atoms with Gasteiger partial charge in [-0.25, -0.2) is 12.7 Å². The molecule has 2 aromatic heterocycles. The molecule has 3 rings (SSSR count). The molecular weight excluding hydrogens is 406 g/mol. The summed E-state index contributed by atoms with van der Waals surface area (Å²) < 4.78 is 32.4. The van der Waals surface area contributed by atoms with Crippen LogP contribution in [0.5, 0.6) is 0 Å². The molecule has 0 spiro atoms. The number of benzene rings is 1. The van der Waals surface area contributed by atoms with E-state index in [1.54, 1.807) is 44.3 Å². The minimum atomic E-state index is -3.54.